The Morgan fingerprint density at radius 3 is 2.65 bits per heavy atom. The summed E-state index contributed by atoms with van der Waals surface area (Å²) in [6.45, 7) is 2.26. The van der Waals surface area contributed by atoms with E-state index in [1.54, 1.807) is 7.11 Å². The monoisotopic (exact) mass is 273 g/mol. The van der Waals surface area contributed by atoms with Crippen LogP contribution in [-0.2, 0) is 0 Å². The van der Waals surface area contributed by atoms with Crippen LogP contribution in [0, 0.1) is 11.8 Å². The number of hydrogen-bond acceptors (Lipinski definition) is 2. The number of ether oxygens (including phenoxy) is 1. The fourth-order valence-corrected chi connectivity index (χ4v) is 3.84. The van der Waals surface area contributed by atoms with Crippen molar-refractivity contribution in [1.29, 1.82) is 0 Å². The lowest BCUT2D eigenvalue weighted by Gasteiger charge is -2.32. The quantitative estimate of drug-likeness (QED) is 0.863. The Balaban J connectivity index is 1.61. The van der Waals surface area contributed by atoms with Crippen LogP contribution in [0.1, 0.15) is 57.1 Å². The van der Waals surface area contributed by atoms with E-state index < -0.39 is 0 Å². The predicted molar refractivity (Wildman–Crippen MR) is 83.0 cm³/mol. The van der Waals surface area contributed by atoms with Gasteiger partial charge >= 0.3 is 0 Å². The van der Waals surface area contributed by atoms with E-state index in [0.717, 1.165) is 17.6 Å². The molecule has 2 heteroatoms. The molecule has 1 aromatic rings. The molecule has 2 nitrogen and oxygen atoms in total. The zero-order chi connectivity index (χ0) is 13.9. The van der Waals surface area contributed by atoms with Gasteiger partial charge in [-0.2, -0.15) is 0 Å². The third kappa shape index (κ3) is 3.17. The van der Waals surface area contributed by atoms with Crippen LogP contribution in [0.3, 0.4) is 0 Å². The lowest BCUT2D eigenvalue weighted by atomic mass is 9.82. The van der Waals surface area contributed by atoms with E-state index in [9.17, 15) is 0 Å². The van der Waals surface area contributed by atoms with Crippen molar-refractivity contribution in [3.8, 4) is 5.75 Å². The summed E-state index contributed by atoms with van der Waals surface area (Å²) in [6, 6.07) is 9.44. The first kappa shape index (κ1) is 13.9. The number of hydrogen-bond donors (Lipinski definition) is 1. The Morgan fingerprint density at radius 1 is 1.10 bits per heavy atom. The molecule has 0 saturated heterocycles. The molecule has 2 fully saturated rings. The molecule has 20 heavy (non-hydrogen) atoms. The molecule has 2 saturated carbocycles. The second kappa shape index (κ2) is 6.17. The van der Waals surface area contributed by atoms with Crippen LogP contribution in [-0.4, -0.2) is 13.2 Å². The van der Waals surface area contributed by atoms with Crippen molar-refractivity contribution in [2.24, 2.45) is 11.8 Å². The minimum Gasteiger partial charge on any atom is -0.496 e. The van der Waals surface area contributed by atoms with Gasteiger partial charge in [0, 0.05) is 17.6 Å². The first-order valence-electron chi connectivity index (χ1n) is 8.17. The summed E-state index contributed by atoms with van der Waals surface area (Å²) in [6.07, 6.45) is 8.55. The highest BCUT2D eigenvalue weighted by Crippen LogP contribution is 2.44. The van der Waals surface area contributed by atoms with E-state index in [2.05, 4.69) is 30.4 Å². The van der Waals surface area contributed by atoms with Crippen LogP contribution in [0.4, 0.5) is 0 Å². The summed E-state index contributed by atoms with van der Waals surface area (Å²) in [7, 11) is 1.76. The van der Waals surface area contributed by atoms with Gasteiger partial charge in [-0.3, -0.25) is 0 Å². The zero-order valence-electron chi connectivity index (χ0n) is 12.8. The molecule has 1 aromatic carbocycles. The smallest absolute Gasteiger partial charge is 0.123 e. The summed E-state index contributed by atoms with van der Waals surface area (Å²) in [5.74, 6) is 3.05. The molecule has 0 radical (unpaired) electrons. The van der Waals surface area contributed by atoms with Crippen molar-refractivity contribution in [3.05, 3.63) is 29.8 Å². The average Bonchev–Trinajstić information content (AvgIpc) is 3.32. The lowest BCUT2D eigenvalue weighted by molar-refractivity contribution is 0.248. The number of benzene rings is 1. The van der Waals surface area contributed by atoms with Gasteiger partial charge < -0.3 is 10.1 Å². The minimum atomic E-state index is 0.370. The maximum absolute atomic E-state index is 5.48. The minimum absolute atomic E-state index is 0.370. The third-order valence-corrected chi connectivity index (χ3v) is 5.09. The van der Waals surface area contributed by atoms with Crippen LogP contribution in [0.25, 0.3) is 0 Å². The van der Waals surface area contributed by atoms with Gasteiger partial charge in [0.25, 0.3) is 0 Å². The Hall–Kier alpha value is -1.02. The molecular weight excluding hydrogens is 246 g/mol. The van der Waals surface area contributed by atoms with E-state index in [0.29, 0.717) is 12.1 Å². The van der Waals surface area contributed by atoms with E-state index in [-0.39, 0.29) is 0 Å². The van der Waals surface area contributed by atoms with Crippen molar-refractivity contribution in [3.63, 3.8) is 0 Å². The second-order valence-corrected chi connectivity index (χ2v) is 6.59. The normalized spacial score (nSPS) is 28.1. The summed E-state index contributed by atoms with van der Waals surface area (Å²) < 4.78 is 5.48. The standard InChI is InChI=1S/C18H27NO/c1-13(17-8-3-4-9-18(17)20-2)19-16-7-5-6-15(12-16)14-10-11-14/h3-4,8-9,13-16,19H,5-7,10-12H2,1-2H3. The molecule has 3 rings (SSSR count). The molecule has 3 atom stereocenters. The zero-order valence-corrected chi connectivity index (χ0v) is 12.8. The van der Waals surface area contributed by atoms with Crippen molar-refractivity contribution >= 4 is 0 Å². The number of para-hydroxylation sites is 1. The molecule has 1 N–H and O–H groups in total. The van der Waals surface area contributed by atoms with Gasteiger partial charge in [0.1, 0.15) is 5.75 Å². The fraction of sp³-hybridized carbons (Fsp3) is 0.667. The molecule has 0 amide bonds. The molecule has 0 spiro atoms. The van der Waals surface area contributed by atoms with Crippen LogP contribution >= 0.6 is 0 Å². The largest absolute Gasteiger partial charge is 0.496 e. The van der Waals surface area contributed by atoms with E-state index in [1.165, 1.54) is 44.1 Å². The average molecular weight is 273 g/mol. The maximum Gasteiger partial charge on any atom is 0.123 e. The van der Waals surface area contributed by atoms with Gasteiger partial charge in [0.15, 0.2) is 0 Å². The number of rotatable bonds is 5. The van der Waals surface area contributed by atoms with Crippen LogP contribution in [0.2, 0.25) is 0 Å². The van der Waals surface area contributed by atoms with Gasteiger partial charge in [-0.1, -0.05) is 31.0 Å². The lowest BCUT2D eigenvalue weighted by Crippen LogP contribution is -2.36. The predicted octanol–water partition coefficient (Wildman–Crippen LogP) is 4.31. The summed E-state index contributed by atoms with van der Waals surface area (Å²) >= 11 is 0. The molecule has 0 aliphatic heterocycles. The van der Waals surface area contributed by atoms with Gasteiger partial charge in [-0.05, 0) is 50.5 Å². The molecule has 3 unspecified atom stereocenters. The van der Waals surface area contributed by atoms with E-state index in [1.807, 2.05) is 6.07 Å². The highest BCUT2D eigenvalue weighted by Gasteiger charge is 2.34. The molecule has 0 bridgehead atoms. The molecule has 110 valence electrons. The second-order valence-electron chi connectivity index (χ2n) is 6.59. The van der Waals surface area contributed by atoms with Crippen molar-refractivity contribution in [1.82, 2.24) is 5.32 Å². The van der Waals surface area contributed by atoms with E-state index in [4.69, 9.17) is 4.74 Å². The van der Waals surface area contributed by atoms with Crippen molar-refractivity contribution < 1.29 is 4.74 Å². The molecular formula is C18H27NO. The van der Waals surface area contributed by atoms with Crippen LogP contribution < -0.4 is 10.1 Å². The van der Waals surface area contributed by atoms with E-state index >= 15 is 0 Å². The first-order valence-corrected chi connectivity index (χ1v) is 8.17. The number of methoxy groups -OCH3 is 1. The topological polar surface area (TPSA) is 21.3 Å². The molecule has 0 aromatic heterocycles. The van der Waals surface area contributed by atoms with Gasteiger partial charge in [-0.25, -0.2) is 0 Å². The van der Waals surface area contributed by atoms with Crippen molar-refractivity contribution in [2.75, 3.05) is 7.11 Å². The summed E-state index contributed by atoms with van der Waals surface area (Å²) in [5.41, 5.74) is 1.28. The SMILES string of the molecule is COc1ccccc1C(C)NC1CCCC(C2CC2)C1. The van der Waals surface area contributed by atoms with Gasteiger partial charge in [-0.15, -0.1) is 0 Å². The van der Waals surface area contributed by atoms with Crippen LogP contribution in [0.5, 0.6) is 5.75 Å². The molecule has 2 aliphatic rings. The van der Waals surface area contributed by atoms with Crippen LogP contribution in [0.15, 0.2) is 24.3 Å². The Bertz CT molecular complexity index is 441. The van der Waals surface area contributed by atoms with Gasteiger partial charge in [0.2, 0.25) is 0 Å². The highest BCUT2D eigenvalue weighted by molar-refractivity contribution is 5.35. The molecule has 0 heterocycles. The summed E-state index contributed by atoms with van der Waals surface area (Å²) in [5, 5.41) is 3.84. The Labute approximate surface area is 122 Å². The maximum atomic E-state index is 5.48. The van der Waals surface area contributed by atoms with Crippen molar-refractivity contribution in [2.45, 2.75) is 57.5 Å². The highest BCUT2D eigenvalue weighted by atomic mass is 16.5. The first-order chi connectivity index (χ1) is 9.78. The fourth-order valence-electron chi connectivity index (χ4n) is 3.84. The Kier molecular flexibility index (Phi) is 4.30. The third-order valence-electron chi connectivity index (χ3n) is 5.09. The Morgan fingerprint density at radius 2 is 1.90 bits per heavy atom. The number of nitrogens with one attached hydrogen (secondary N) is 1. The molecule has 2 aliphatic carbocycles. The van der Waals surface area contributed by atoms with Gasteiger partial charge in [0.05, 0.1) is 7.11 Å². The summed E-state index contributed by atoms with van der Waals surface area (Å²) in [4.78, 5) is 0.